The maximum atomic E-state index is 13.9. The van der Waals surface area contributed by atoms with E-state index < -0.39 is 21.7 Å². The molecule has 1 aliphatic rings. The molecule has 6 rings (SSSR count). The van der Waals surface area contributed by atoms with Crippen molar-refractivity contribution in [2.45, 2.75) is 38.6 Å². The molecule has 2 N–H and O–H groups in total. The van der Waals surface area contributed by atoms with E-state index in [-0.39, 0.29) is 5.69 Å². The summed E-state index contributed by atoms with van der Waals surface area (Å²) < 4.78 is 49.2. The number of halogens is 1. The summed E-state index contributed by atoms with van der Waals surface area (Å²) in [4.78, 5) is 11.7. The zero-order valence-electron chi connectivity index (χ0n) is 21.8. The van der Waals surface area contributed by atoms with Crippen molar-refractivity contribution in [3.05, 3.63) is 72.3 Å². The topological polar surface area (TPSA) is 122 Å². The van der Waals surface area contributed by atoms with E-state index in [2.05, 4.69) is 40.4 Å². The molecule has 1 aliphatic heterocycles. The summed E-state index contributed by atoms with van der Waals surface area (Å²) in [5.74, 6) is -0.525. The van der Waals surface area contributed by atoms with E-state index in [1.807, 2.05) is 17.5 Å². The van der Waals surface area contributed by atoms with Crippen molar-refractivity contribution in [1.29, 1.82) is 0 Å². The minimum Gasteiger partial charge on any atom is -0.328 e. The fourth-order valence-corrected chi connectivity index (χ4v) is 6.51. The Morgan fingerprint density at radius 3 is 2.75 bits per heavy atom. The van der Waals surface area contributed by atoms with E-state index in [1.54, 1.807) is 24.7 Å². The molecule has 5 aromatic rings. The van der Waals surface area contributed by atoms with Gasteiger partial charge in [-0.25, -0.2) is 22.8 Å². The summed E-state index contributed by atoms with van der Waals surface area (Å²) in [5.41, 5.74) is 3.72. The molecule has 5 heterocycles. The van der Waals surface area contributed by atoms with Gasteiger partial charge in [0.1, 0.15) is 10.8 Å². The number of aryl methyl sites for hydroxylation is 1. The van der Waals surface area contributed by atoms with E-state index in [0.717, 1.165) is 41.7 Å². The second-order valence-corrected chi connectivity index (χ2v) is 12.3. The zero-order valence-corrected chi connectivity index (χ0v) is 23.4. The van der Waals surface area contributed by atoms with E-state index in [4.69, 9.17) is 0 Å². The highest BCUT2D eigenvalue weighted by atomic mass is 32.2. The number of benzene rings is 1. The smallest absolute Gasteiger partial charge is 0.253 e. The molecule has 4 aromatic heterocycles. The van der Waals surface area contributed by atoms with Crippen LogP contribution < -0.4 is 10.0 Å². The van der Waals surface area contributed by atoms with Crippen LogP contribution in [0.25, 0.3) is 16.9 Å². The summed E-state index contributed by atoms with van der Waals surface area (Å²) in [6, 6.07) is 7.67. The van der Waals surface area contributed by atoms with Crippen molar-refractivity contribution in [3.63, 3.8) is 0 Å². The molecular formula is C26H28FN9O2S2. The van der Waals surface area contributed by atoms with E-state index in [0.29, 0.717) is 17.0 Å². The highest BCUT2D eigenvalue weighted by Crippen LogP contribution is 2.28. The van der Waals surface area contributed by atoms with Crippen molar-refractivity contribution >= 4 is 43.7 Å². The van der Waals surface area contributed by atoms with Crippen molar-refractivity contribution in [2.24, 2.45) is 0 Å². The number of likely N-dealkylation sites (tertiary alicyclic amines) is 1. The second-order valence-electron chi connectivity index (χ2n) is 9.81. The lowest BCUT2D eigenvalue weighted by molar-refractivity contribution is 0.219. The lowest BCUT2D eigenvalue weighted by Crippen LogP contribution is -2.29. The Kier molecular flexibility index (Phi) is 7.21. The van der Waals surface area contributed by atoms with Crippen molar-refractivity contribution < 1.29 is 12.8 Å². The standard InChI is InChI=1S/C26H28FN9O2S2/c1-18-14-36-23(19-12-29-35(15-19)17-40(37,38)33-22-8-4-3-7-21(22)27)13-28-26(36)25(30-18)31-24-11-20(32-39-24)16-34-9-5-2-6-10-34/h3-4,7-8,11-15,33H,2,5-6,9-10,16-17H2,1H3,(H,30,31). The van der Waals surface area contributed by atoms with Crippen LogP contribution in [-0.2, 0) is 22.4 Å². The third-order valence-corrected chi connectivity index (χ3v) is 8.50. The molecule has 0 amide bonds. The van der Waals surface area contributed by atoms with Crippen LogP contribution in [0, 0.1) is 12.7 Å². The number of nitrogens with zero attached hydrogens (tertiary/aromatic N) is 7. The first-order valence-corrected chi connectivity index (χ1v) is 15.3. The van der Waals surface area contributed by atoms with Gasteiger partial charge in [-0.2, -0.15) is 9.47 Å². The largest absolute Gasteiger partial charge is 0.328 e. The van der Waals surface area contributed by atoms with Gasteiger partial charge in [-0.15, -0.1) is 0 Å². The molecule has 0 bridgehead atoms. The van der Waals surface area contributed by atoms with Crippen LogP contribution in [0.3, 0.4) is 0 Å². The number of rotatable bonds is 9. The first kappa shape index (κ1) is 26.3. The van der Waals surface area contributed by atoms with Crippen molar-refractivity contribution in [3.8, 4) is 11.3 Å². The number of imidazole rings is 1. The lowest BCUT2D eigenvalue weighted by atomic mass is 10.1. The van der Waals surface area contributed by atoms with Gasteiger partial charge in [0.25, 0.3) is 10.0 Å². The van der Waals surface area contributed by atoms with Crippen LogP contribution in [0.15, 0.2) is 55.1 Å². The maximum absolute atomic E-state index is 13.9. The highest BCUT2D eigenvalue weighted by Gasteiger charge is 2.18. The summed E-state index contributed by atoms with van der Waals surface area (Å²) in [6.45, 7) is 4.97. The molecule has 14 heteroatoms. The summed E-state index contributed by atoms with van der Waals surface area (Å²) in [5, 5.41) is 8.48. The number of anilines is 3. The Morgan fingerprint density at radius 2 is 1.93 bits per heavy atom. The summed E-state index contributed by atoms with van der Waals surface area (Å²) in [6.07, 6.45) is 10.5. The molecule has 1 fully saturated rings. The van der Waals surface area contributed by atoms with Gasteiger partial charge in [0.05, 0.1) is 35.2 Å². The first-order valence-electron chi connectivity index (χ1n) is 12.9. The fraction of sp³-hybridized carbons (Fsp3) is 0.308. The number of nitrogens with one attached hydrogen (secondary N) is 2. The Bertz CT molecular complexity index is 1760. The molecule has 208 valence electrons. The molecule has 0 radical (unpaired) electrons. The number of hydrogen-bond acceptors (Lipinski definition) is 9. The summed E-state index contributed by atoms with van der Waals surface area (Å²) >= 11 is 1.40. The number of hydrogen-bond donors (Lipinski definition) is 2. The second kappa shape index (κ2) is 10.9. The molecule has 0 saturated carbocycles. The monoisotopic (exact) mass is 581 g/mol. The lowest BCUT2D eigenvalue weighted by Gasteiger charge is -2.25. The fourth-order valence-electron chi connectivity index (χ4n) is 4.80. The molecule has 0 aliphatic carbocycles. The summed E-state index contributed by atoms with van der Waals surface area (Å²) in [7, 11) is -3.90. The Morgan fingerprint density at radius 1 is 1.10 bits per heavy atom. The molecule has 11 nitrogen and oxygen atoms in total. The van der Waals surface area contributed by atoms with Crippen LogP contribution in [0.5, 0.6) is 0 Å². The third kappa shape index (κ3) is 5.83. The Hall–Kier alpha value is -3.88. The predicted octanol–water partition coefficient (Wildman–Crippen LogP) is 4.63. The van der Waals surface area contributed by atoms with Crippen LogP contribution in [0.4, 0.5) is 20.9 Å². The highest BCUT2D eigenvalue weighted by molar-refractivity contribution is 7.91. The third-order valence-electron chi connectivity index (χ3n) is 6.62. The van der Waals surface area contributed by atoms with Crippen molar-refractivity contribution in [2.75, 3.05) is 23.1 Å². The number of fused-ring (bicyclic) bond motifs is 1. The van der Waals surface area contributed by atoms with Crippen LogP contribution >= 0.6 is 11.5 Å². The van der Waals surface area contributed by atoms with Gasteiger partial charge in [0.2, 0.25) is 0 Å². The first-order chi connectivity index (χ1) is 19.3. The minimum absolute atomic E-state index is 0.112. The normalized spacial score (nSPS) is 14.6. The van der Waals surface area contributed by atoms with E-state index >= 15 is 0 Å². The molecule has 40 heavy (non-hydrogen) atoms. The van der Waals surface area contributed by atoms with Gasteiger partial charge in [-0.3, -0.25) is 18.7 Å². The van der Waals surface area contributed by atoms with E-state index in [1.165, 1.54) is 53.7 Å². The van der Waals surface area contributed by atoms with Gasteiger partial charge in [0, 0.05) is 24.5 Å². The average Bonchev–Trinajstić information content (AvgIpc) is 3.66. The van der Waals surface area contributed by atoms with Gasteiger partial charge in [-0.05, 0) is 62.6 Å². The van der Waals surface area contributed by atoms with Gasteiger partial charge in [0.15, 0.2) is 17.3 Å². The molecule has 0 atom stereocenters. The average molecular weight is 582 g/mol. The van der Waals surface area contributed by atoms with Crippen molar-refractivity contribution in [1.82, 2.24) is 33.4 Å². The Balaban J connectivity index is 1.20. The zero-order chi connectivity index (χ0) is 27.7. The minimum atomic E-state index is -3.90. The molecule has 0 spiro atoms. The van der Waals surface area contributed by atoms with Gasteiger partial charge < -0.3 is 5.32 Å². The van der Waals surface area contributed by atoms with Crippen LogP contribution in [0.2, 0.25) is 0 Å². The SMILES string of the molecule is Cc1cn2c(-c3cnn(CS(=O)(=O)Nc4ccccc4F)c3)cnc2c(Nc2cc(CN3CCCCC3)ns2)n1. The molecule has 1 aromatic carbocycles. The van der Waals surface area contributed by atoms with E-state index in [9.17, 15) is 12.8 Å². The van der Waals surface area contributed by atoms with Gasteiger partial charge >= 0.3 is 0 Å². The Labute approximate surface area is 234 Å². The quantitative estimate of drug-likeness (QED) is 0.259. The van der Waals surface area contributed by atoms with Gasteiger partial charge in [-0.1, -0.05) is 18.6 Å². The molecule has 1 saturated heterocycles. The number of sulfonamides is 1. The maximum Gasteiger partial charge on any atom is 0.253 e. The number of piperidine rings is 1. The van der Waals surface area contributed by atoms with Crippen LogP contribution in [-0.4, -0.2) is 54.9 Å². The predicted molar refractivity (Wildman–Crippen MR) is 152 cm³/mol. The number of para-hydroxylation sites is 1. The molecule has 0 unspecified atom stereocenters. The van der Waals surface area contributed by atoms with Crippen LogP contribution in [0.1, 0.15) is 30.7 Å². The number of aromatic nitrogens is 6. The molecular weight excluding hydrogens is 553 g/mol.